The van der Waals surface area contributed by atoms with E-state index < -0.39 is 0 Å². The molecule has 0 atom stereocenters. The van der Waals surface area contributed by atoms with Gasteiger partial charge in [-0.25, -0.2) is 0 Å². The molecule has 1 radical (unpaired) electrons. The zero-order chi connectivity index (χ0) is 5.98. The van der Waals surface area contributed by atoms with Gasteiger partial charge in [-0.1, -0.05) is 0 Å². The fourth-order valence-electron chi connectivity index (χ4n) is 0.444. The lowest BCUT2D eigenvalue weighted by Crippen LogP contribution is -1.97. The van der Waals surface area contributed by atoms with Gasteiger partial charge in [-0.15, -0.1) is 0 Å². The molecule has 0 saturated carbocycles. The van der Waals surface area contributed by atoms with E-state index in [9.17, 15) is 4.79 Å². The summed E-state index contributed by atoms with van der Waals surface area (Å²) in [6, 6.07) is 2.93. The van der Waals surface area contributed by atoms with E-state index >= 15 is 0 Å². The number of hydrogen-bond acceptors (Lipinski definition) is 1. The summed E-state index contributed by atoms with van der Waals surface area (Å²) in [6.45, 7) is 0. The lowest BCUT2D eigenvalue weighted by molar-refractivity contribution is 1.04. The highest BCUT2D eigenvalue weighted by Gasteiger charge is 1.76. The molecule has 0 aliphatic carbocycles. The van der Waals surface area contributed by atoms with Crippen LogP contribution in [0.3, 0.4) is 0 Å². The maximum atomic E-state index is 10.4. The topological polar surface area (TPSA) is 22.0 Å². The number of nitrogens with zero attached hydrogens (tertiary/aromatic N) is 1. The van der Waals surface area contributed by atoms with Crippen LogP contribution >= 0.6 is 0 Å². The summed E-state index contributed by atoms with van der Waals surface area (Å²) < 4.78 is 1.57. The molecule has 1 aromatic rings. The zero-order valence-electron chi connectivity index (χ0n) is 4.37. The number of rotatable bonds is 0. The van der Waals surface area contributed by atoms with Crippen LogP contribution in [0.25, 0.3) is 0 Å². The Hall–Kier alpha value is -1.05. The Labute approximate surface area is 47.4 Å². The Kier molecular flexibility index (Phi) is 1.16. The number of pyridine rings is 1. The molecule has 0 aromatic carbocycles. The highest BCUT2D eigenvalue weighted by atomic mass is 16.1. The van der Waals surface area contributed by atoms with Crippen LogP contribution in [0.15, 0.2) is 29.3 Å². The van der Waals surface area contributed by atoms with Crippen LogP contribution in [-0.2, 0) is 0 Å². The minimum Gasteiger partial charge on any atom is -0.352 e. The average molecular weight is 108 g/mol. The van der Waals surface area contributed by atoms with Crippen LogP contribution in [-0.4, -0.2) is 4.57 Å². The van der Waals surface area contributed by atoms with Crippen molar-refractivity contribution in [3.63, 3.8) is 0 Å². The maximum absolute atomic E-state index is 10.4. The van der Waals surface area contributed by atoms with Crippen molar-refractivity contribution in [2.45, 2.75) is 0 Å². The fourth-order valence-corrected chi connectivity index (χ4v) is 0.444. The summed E-state index contributed by atoms with van der Waals surface area (Å²) >= 11 is 0. The van der Waals surface area contributed by atoms with Gasteiger partial charge in [0.2, 0.25) is 0 Å². The molecule has 0 aliphatic heterocycles. The molecule has 0 fully saturated rings. The van der Waals surface area contributed by atoms with Gasteiger partial charge in [0, 0.05) is 31.6 Å². The molecule has 0 N–H and O–H groups in total. The fraction of sp³-hybridized carbons (Fsp3) is 0. The van der Waals surface area contributed by atoms with Crippen molar-refractivity contribution in [2.24, 2.45) is 0 Å². The molecular weight excluding hydrogens is 102 g/mol. The van der Waals surface area contributed by atoms with E-state index in [1.54, 1.807) is 17.0 Å². The minimum atomic E-state index is 0.0184. The van der Waals surface area contributed by atoms with E-state index in [1.807, 2.05) is 0 Å². The molecule has 0 amide bonds. The van der Waals surface area contributed by atoms with Crippen molar-refractivity contribution in [1.82, 2.24) is 4.57 Å². The van der Waals surface area contributed by atoms with Gasteiger partial charge in [-0.2, -0.15) is 0 Å². The van der Waals surface area contributed by atoms with Gasteiger partial charge in [0.15, 0.2) is 5.43 Å². The number of hydrogen-bond donors (Lipinski definition) is 0. The smallest absolute Gasteiger partial charge is 0.181 e. The summed E-state index contributed by atoms with van der Waals surface area (Å²) in [5.41, 5.74) is 0.0184. The van der Waals surface area contributed by atoms with Crippen molar-refractivity contribution in [2.75, 3.05) is 0 Å². The summed E-state index contributed by atoms with van der Waals surface area (Å²) in [6.07, 6.45) is 3.23. The molecule has 0 bridgehead atoms. The van der Waals surface area contributed by atoms with Crippen LogP contribution in [0, 0.1) is 7.05 Å². The first-order valence-electron chi connectivity index (χ1n) is 2.28. The third kappa shape index (κ3) is 0.964. The van der Waals surface area contributed by atoms with E-state index in [4.69, 9.17) is 0 Å². The molecule has 0 spiro atoms. The third-order valence-electron chi connectivity index (χ3n) is 0.861. The van der Waals surface area contributed by atoms with Gasteiger partial charge in [-0.3, -0.25) is 4.79 Å². The maximum Gasteiger partial charge on any atom is 0.181 e. The van der Waals surface area contributed by atoms with E-state index in [0.29, 0.717) is 0 Å². The Balaban J connectivity index is 3.22. The molecule has 0 unspecified atom stereocenters. The van der Waals surface area contributed by atoms with Crippen LogP contribution in [0.5, 0.6) is 0 Å². The molecule has 1 heterocycles. The van der Waals surface area contributed by atoms with Crippen molar-refractivity contribution in [1.29, 1.82) is 0 Å². The Bertz CT molecular complexity index is 206. The van der Waals surface area contributed by atoms with E-state index in [0.717, 1.165) is 0 Å². The highest BCUT2D eigenvalue weighted by Crippen LogP contribution is 1.75. The van der Waals surface area contributed by atoms with Crippen LogP contribution in [0.1, 0.15) is 0 Å². The van der Waals surface area contributed by atoms with Crippen molar-refractivity contribution in [3.8, 4) is 0 Å². The van der Waals surface area contributed by atoms with Crippen molar-refractivity contribution >= 4 is 0 Å². The van der Waals surface area contributed by atoms with Gasteiger partial charge in [0.05, 0.1) is 0 Å². The SMILES string of the molecule is [CH2]n1ccc(=O)cc1. The molecular formula is C6H6NO. The molecule has 2 heteroatoms. The molecule has 8 heavy (non-hydrogen) atoms. The van der Waals surface area contributed by atoms with Crippen molar-refractivity contribution < 1.29 is 0 Å². The van der Waals surface area contributed by atoms with E-state index in [1.165, 1.54) is 12.1 Å². The largest absolute Gasteiger partial charge is 0.352 e. The quantitative estimate of drug-likeness (QED) is 0.474. The summed E-state index contributed by atoms with van der Waals surface area (Å²) in [5, 5.41) is 0. The first-order chi connectivity index (χ1) is 3.79. The molecule has 0 aliphatic rings. The second kappa shape index (κ2) is 1.82. The van der Waals surface area contributed by atoms with Gasteiger partial charge >= 0.3 is 0 Å². The molecule has 41 valence electrons. The lowest BCUT2D eigenvalue weighted by Gasteiger charge is -1.89. The standard InChI is InChI=1S/C6H6NO/c1-7-4-2-6(8)3-5-7/h2-5H,1H2. The predicted octanol–water partition coefficient (Wildman–Crippen LogP) is 0.488. The summed E-state index contributed by atoms with van der Waals surface area (Å²) in [7, 11) is 3.54. The normalized spacial score (nSPS) is 9.12. The van der Waals surface area contributed by atoms with E-state index in [2.05, 4.69) is 7.05 Å². The monoisotopic (exact) mass is 108 g/mol. The summed E-state index contributed by atoms with van der Waals surface area (Å²) in [5.74, 6) is 0. The van der Waals surface area contributed by atoms with E-state index in [-0.39, 0.29) is 5.43 Å². The van der Waals surface area contributed by atoms with Gasteiger partial charge in [0.1, 0.15) is 0 Å². The molecule has 0 saturated heterocycles. The third-order valence-corrected chi connectivity index (χ3v) is 0.861. The van der Waals surface area contributed by atoms with Crippen LogP contribution < -0.4 is 5.43 Å². The molecule has 1 rings (SSSR count). The second-order valence-electron chi connectivity index (χ2n) is 1.55. The Morgan fingerprint density at radius 1 is 1.38 bits per heavy atom. The molecule has 1 aromatic heterocycles. The van der Waals surface area contributed by atoms with Gasteiger partial charge in [-0.05, 0) is 0 Å². The van der Waals surface area contributed by atoms with Gasteiger partial charge < -0.3 is 4.57 Å². The predicted molar refractivity (Wildman–Crippen MR) is 31.5 cm³/mol. The Morgan fingerprint density at radius 2 is 1.88 bits per heavy atom. The highest BCUT2D eigenvalue weighted by molar-refractivity contribution is 4.93. The zero-order valence-corrected chi connectivity index (χ0v) is 4.37. The first kappa shape index (κ1) is 5.09. The van der Waals surface area contributed by atoms with Crippen molar-refractivity contribution in [3.05, 3.63) is 41.8 Å². The first-order valence-corrected chi connectivity index (χ1v) is 2.28. The van der Waals surface area contributed by atoms with Crippen LogP contribution in [0.2, 0.25) is 0 Å². The summed E-state index contributed by atoms with van der Waals surface area (Å²) in [4.78, 5) is 10.4. The number of aromatic nitrogens is 1. The van der Waals surface area contributed by atoms with Crippen LogP contribution in [0.4, 0.5) is 0 Å². The van der Waals surface area contributed by atoms with Gasteiger partial charge in [0.25, 0.3) is 0 Å². The molecule has 2 nitrogen and oxygen atoms in total. The lowest BCUT2D eigenvalue weighted by atomic mass is 10.5. The average Bonchev–Trinajstić information content (AvgIpc) is 1.77. The second-order valence-corrected chi connectivity index (χ2v) is 1.55. The Morgan fingerprint density at radius 3 is 2.25 bits per heavy atom. The minimum absolute atomic E-state index is 0.0184.